The van der Waals surface area contributed by atoms with Gasteiger partial charge in [0.2, 0.25) is 11.1 Å². The fourth-order valence-electron chi connectivity index (χ4n) is 2.93. The van der Waals surface area contributed by atoms with Gasteiger partial charge in [-0.15, -0.1) is 10.2 Å². The summed E-state index contributed by atoms with van der Waals surface area (Å²) in [6.07, 6.45) is 0. The van der Waals surface area contributed by atoms with Gasteiger partial charge in [-0.05, 0) is 23.1 Å². The van der Waals surface area contributed by atoms with Gasteiger partial charge in [0.1, 0.15) is 0 Å². The average molecular weight is 442 g/mol. The van der Waals surface area contributed by atoms with Crippen LogP contribution in [0.5, 0.6) is 11.5 Å². The number of carbonyl (C=O) groups excluding carboxylic acids is 1. The molecule has 164 valence electrons. The molecular weight excluding hydrogens is 414 g/mol. The van der Waals surface area contributed by atoms with Gasteiger partial charge >= 0.3 is 0 Å². The summed E-state index contributed by atoms with van der Waals surface area (Å²) in [6.45, 7) is 6.49. The minimum atomic E-state index is -0.198. The van der Waals surface area contributed by atoms with Crippen molar-refractivity contribution >= 4 is 23.4 Å². The molecule has 3 rings (SSSR count). The molecule has 0 saturated heterocycles. The molecule has 0 fully saturated rings. The van der Waals surface area contributed by atoms with Gasteiger partial charge in [0, 0.05) is 17.3 Å². The van der Waals surface area contributed by atoms with E-state index in [1.165, 1.54) is 22.0 Å². The Labute approximate surface area is 186 Å². The summed E-state index contributed by atoms with van der Waals surface area (Å²) in [5, 5.41) is 11.6. The number of anilines is 1. The molecule has 0 saturated carbocycles. The minimum Gasteiger partial charge on any atom is -0.493 e. The number of aromatic nitrogens is 3. The van der Waals surface area contributed by atoms with Crippen molar-refractivity contribution in [3.8, 4) is 22.9 Å². The van der Waals surface area contributed by atoms with Gasteiger partial charge in [-0.25, -0.2) is 4.68 Å². The highest BCUT2D eigenvalue weighted by Crippen LogP contribution is 2.30. The number of thioether (sulfide) groups is 1. The molecule has 0 aliphatic heterocycles. The summed E-state index contributed by atoms with van der Waals surface area (Å²) < 4.78 is 11.9. The van der Waals surface area contributed by atoms with E-state index in [2.05, 4.69) is 48.4 Å². The first-order valence-corrected chi connectivity index (χ1v) is 10.7. The zero-order chi connectivity index (χ0) is 22.6. The van der Waals surface area contributed by atoms with Gasteiger partial charge in [0.05, 0.1) is 20.0 Å². The van der Waals surface area contributed by atoms with Crippen molar-refractivity contribution in [3.63, 3.8) is 0 Å². The van der Waals surface area contributed by atoms with Gasteiger partial charge in [-0.2, -0.15) is 0 Å². The van der Waals surface area contributed by atoms with Gasteiger partial charge in [-0.3, -0.25) is 4.79 Å². The van der Waals surface area contributed by atoms with E-state index in [9.17, 15) is 4.79 Å². The second-order valence-corrected chi connectivity index (χ2v) is 8.85. The van der Waals surface area contributed by atoms with Crippen LogP contribution in [0.1, 0.15) is 26.3 Å². The van der Waals surface area contributed by atoms with E-state index in [0.717, 1.165) is 5.56 Å². The number of amides is 1. The first kappa shape index (κ1) is 22.5. The standard InChI is InChI=1S/C22H27N5O3S/c1-22(2,3)15-8-6-14(7-9-15)20-25-26-21(27(20)23)31-13-19(28)24-16-10-11-17(29-4)18(12-16)30-5/h6-12H,13,23H2,1-5H3,(H,24,28). The lowest BCUT2D eigenvalue weighted by Gasteiger charge is -2.19. The predicted octanol–water partition coefficient (Wildman–Crippen LogP) is 3.70. The van der Waals surface area contributed by atoms with Crippen molar-refractivity contribution in [3.05, 3.63) is 48.0 Å². The highest BCUT2D eigenvalue weighted by molar-refractivity contribution is 7.99. The molecule has 0 aliphatic rings. The summed E-state index contributed by atoms with van der Waals surface area (Å²) in [6, 6.07) is 13.3. The number of nitrogen functional groups attached to an aromatic ring is 1. The molecule has 8 nitrogen and oxygen atoms in total. The Morgan fingerprint density at radius 3 is 2.35 bits per heavy atom. The van der Waals surface area contributed by atoms with E-state index in [4.69, 9.17) is 15.3 Å². The summed E-state index contributed by atoms with van der Waals surface area (Å²) in [4.78, 5) is 12.4. The molecule has 0 radical (unpaired) electrons. The van der Waals surface area contributed by atoms with Crippen molar-refractivity contribution in [1.29, 1.82) is 0 Å². The second-order valence-electron chi connectivity index (χ2n) is 7.91. The molecule has 31 heavy (non-hydrogen) atoms. The lowest BCUT2D eigenvalue weighted by molar-refractivity contribution is -0.113. The Morgan fingerprint density at radius 2 is 1.74 bits per heavy atom. The smallest absolute Gasteiger partial charge is 0.234 e. The number of carbonyl (C=O) groups is 1. The molecule has 0 bridgehead atoms. The van der Waals surface area contributed by atoms with E-state index in [-0.39, 0.29) is 17.1 Å². The number of rotatable bonds is 7. The van der Waals surface area contributed by atoms with E-state index >= 15 is 0 Å². The number of benzene rings is 2. The number of nitrogens with two attached hydrogens (primary N) is 1. The van der Waals surface area contributed by atoms with Crippen molar-refractivity contribution in [2.24, 2.45) is 0 Å². The van der Waals surface area contributed by atoms with Crippen LogP contribution in [0.3, 0.4) is 0 Å². The molecule has 3 N–H and O–H groups in total. The van der Waals surface area contributed by atoms with Gasteiger partial charge in [-0.1, -0.05) is 56.8 Å². The molecule has 0 atom stereocenters. The zero-order valence-electron chi connectivity index (χ0n) is 18.3. The van der Waals surface area contributed by atoms with Crippen molar-refractivity contribution in [1.82, 2.24) is 14.9 Å². The average Bonchev–Trinajstić information content (AvgIpc) is 3.12. The van der Waals surface area contributed by atoms with E-state index in [1.807, 2.05) is 12.1 Å². The van der Waals surface area contributed by atoms with E-state index in [1.54, 1.807) is 32.4 Å². The second kappa shape index (κ2) is 9.30. The fraction of sp³-hybridized carbons (Fsp3) is 0.318. The van der Waals surface area contributed by atoms with Crippen molar-refractivity contribution in [2.45, 2.75) is 31.3 Å². The monoisotopic (exact) mass is 441 g/mol. The SMILES string of the molecule is COc1ccc(NC(=O)CSc2nnc(-c3ccc(C(C)(C)C)cc3)n2N)cc1OC. The number of nitrogens with zero attached hydrogens (tertiary/aromatic N) is 3. The third kappa shape index (κ3) is 5.29. The van der Waals surface area contributed by atoms with Crippen LogP contribution in [-0.2, 0) is 10.2 Å². The molecule has 1 amide bonds. The van der Waals surface area contributed by atoms with Crippen LogP contribution >= 0.6 is 11.8 Å². The maximum Gasteiger partial charge on any atom is 0.234 e. The number of hydrogen-bond acceptors (Lipinski definition) is 7. The first-order valence-electron chi connectivity index (χ1n) is 9.69. The molecule has 1 heterocycles. The fourth-order valence-corrected chi connectivity index (χ4v) is 3.59. The molecule has 2 aromatic carbocycles. The third-order valence-electron chi connectivity index (χ3n) is 4.67. The molecule has 9 heteroatoms. The molecule has 0 spiro atoms. The molecule has 0 aliphatic carbocycles. The summed E-state index contributed by atoms with van der Waals surface area (Å²) in [5.74, 6) is 7.79. The Kier molecular flexibility index (Phi) is 6.74. The maximum atomic E-state index is 12.4. The highest BCUT2D eigenvalue weighted by Gasteiger charge is 2.17. The topological polar surface area (TPSA) is 104 Å². The van der Waals surface area contributed by atoms with Gasteiger partial charge < -0.3 is 20.6 Å². The summed E-state index contributed by atoms with van der Waals surface area (Å²) in [5.41, 5.74) is 2.76. The molecule has 1 aromatic heterocycles. The highest BCUT2D eigenvalue weighted by atomic mass is 32.2. The van der Waals surface area contributed by atoms with Gasteiger partial charge in [0.15, 0.2) is 17.3 Å². The van der Waals surface area contributed by atoms with Crippen LogP contribution in [0, 0.1) is 0 Å². The van der Waals surface area contributed by atoms with Crippen LogP contribution in [0.25, 0.3) is 11.4 Å². The number of hydrogen-bond donors (Lipinski definition) is 2. The maximum absolute atomic E-state index is 12.4. The normalized spacial score (nSPS) is 11.3. The predicted molar refractivity (Wildman–Crippen MR) is 123 cm³/mol. The number of methoxy groups -OCH3 is 2. The lowest BCUT2D eigenvalue weighted by atomic mass is 9.87. The number of ether oxygens (including phenoxy) is 2. The van der Waals surface area contributed by atoms with Gasteiger partial charge in [0.25, 0.3) is 0 Å². The molecule has 3 aromatic rings. The number of nitrogens with one attached hydrogen (secondary N) is 1. The first-order chi connectivity index (χ1) is 14.7. The van der Waals surface area contributed by atoms with E-state index < -0.39 is 0 Å². The Morgan fingerprint density at radius 1 is 1.06 bits per heavy atom. The van der Waals surface area contributed by atoms with Crippen molar-refractivity contribution in [2.75, 3.05) is 31.1 Å². The Hall–Kier alpha value is -3.20. The Balaban J connectivity index is 1.64. The molecular formula is C22H27N5O3S. The van der Waals surface area contributed by atoms with Crippen LogP contribution in [0.4, 0.5) is 5.69 Å². The van der Waals surface area contributed by atoms with Crippen LogP contribution in [0.2, 0.25) is 0 Å². The molecule has 0 unspecified atom stereocenters. The Bertz CT molecular complexity index is 1060. The minimum absolute atomic E-state index is 0.0667. The zero-order valence-corrected chi connectivity index (χ0v) is 19.1. The van der Waals surface area contributed by atoms with Crippen LogP contribution < -0.4 is 20.6 Å². The quantitative estimate of drug-likeness (QED) is 0.425. The third-order valence-corrected chi connectivity index (χ3v) is 5.62. The van der Waals surface area contributed by atoms with Crippen molar-refractivity contribution < 1.29 is 14.3 Å². The summed E-state index contributed by atoms with van der Waals surface area (Å²) in [7, 11) is 3.10. The lowest BCUT2D eigenvalue weighted by Crippen LogP contribution is -2.16. The largest absolute Gasteiger partial charge is 0.493 e. The van der Waals surface area contributed by atoms with E-state index in [0.29, 0.717) is 28.2 Å². The van der Waals surface area contributed by atoms with Crippen LogP contribution in [-0.4, -0.2) is 40.8 Å². The van der Waals surface area contributed by atoms with Crippen LogP contribution in [0.15, 0.2) is 47.6 Å². The summed E-state index contributed by atoms with van der Waals surface area (Å²) >= 11 is 1.21.